The molecular weight excluding hydrogens is 288 g/mol. The van der Waals surface area contributed by atoms with Gasteiger partial charge in [-0.1, -0.05) is 40.7 Å². The van der Waals surface area contributed by atoms with Crippen LogP contribution in [0, 0.1) is 5.41 Å². The third kappa shape index (κ3) is 5.04. The van der Waals surface area contributed by atoms with Crippen molar-refractivity contribution >= 4 is 23.3 Å². The molecule has 2 amide bonds. The number of nitrogens with one attached hydrogen (secondary N) is 2. The van der Waals surface area contributed by atoms with Gasteiger partial charge < -0.3 is 15.7 Å². The minimum atomic E-state index is -1.03. The lowest BCUT2D eigenvalue weighted by Gasteiger charge is -2.29. The quantitative estimate of drug-likeness (QED) is 0.782. The van der Waals surface area contributed by atoms with E-state index in [0.29, 0.717) is 6.54 Å². The van der Waals surface area contributed by atoms with E-state index in [1.807, 2.05) is 31.4 Å². The molecule has 0 unspecified atom stereocenters. The minimum absolute atomic E-state index is 0.189. The fourth-order valence-corrected chi connectivity index (χ4v) is 2.73. The number of hydrogen-bond acceptors (Lipinski definition) is 3. The summed E-state index contributed by atoms with van der Waals surface area (Å²) >= 11 is 1.64. The summed E-state index contributed by atoms with van der Waals surface area (Å²) in [5.41, 5.74) is -0.738. The van der Waals surface area contributed by atoms with Crippen LogP contribution in [0.2, 0.25) is 0 Å². The molecule has 5 nitrogen and oxygen atoms in total. The molecule has 1 aromatic heterocycles. The van der Waals surface area contributed by atoms with Crippen LogP contribution >= 0.6 is 11.3 Å². The van der Waals surface area contributed by atoms with Gasteiger partial charge in [0.05, 0.1) is 0 Å². The predicted molar refractivity (Wildman–Crippen MR) is 84.8 cm³/mol. The largest absolute Gasteiger partial charge is 0.480 e. The second-order valence-electron chi connectivity index (χ2n) is 6.83. The number of carbonyl (C=O) groups is 2. The van der Waals surface area contributed by atoms with E-state index in [0.717, 1.165) is 0 Å². The maximum absolute atomic E-state index is 11.9. The van der Waals surface area contributed by atoms with E-state index >= 15 is 0 Å². The van der Waals surface area contributed by atoms with Crippen molar-refractivity contribution in [2.45, 2.75) is 46.1 Å². The fraction of sp³-hybridized carbons (Fsp3) is 0.600. The van der Waals surface area contributed by atoms with E-state index in [2.05, 4.69) is 10.6 Å². The summed E-state index contributed by atoms with van der Waals surface area (Å²) in [6.07, 6.45) is 0. The van der Waals surface area contributed by atoms with Crippen molar-refractivity contribution in [3.8, 4) is 0 Å². The van der Waals surface area contributed by atoms with E-state index in [-0.39, 0.29) is 5.41 Å². The van der Waals surface area contributed by atoms with Gasteiger partial charge in [-0.05, 0) is 16.9 Å². The summed E-state index contributed by atoms with van der Waals surface area (Å²) in [5, 5.41) is 16.5. The van der Waals surface area contributed by atoms with Gasteiger partial charge in [0, 0.05) is 16.8 Å². The minimum Gasteiger partial charge on any atom is -0.480 e. The summed E-state index contributed by atoms with van der Waals surface area (Å²) in [4.78, 5) is 24.3. The molecule has 118 valence electrons. The summed E-state index contributed by atoms with van der Waals surface area (Å²) in [6.45, 7) is 9.86. The maximum Gasteiger partial charge on any atom is 0.326 e. The van der Waals surface area contributed by atoms with Gasteiger partial charge in [0.15, 0.2) is 0 Å². The molecule has 0 bridgehead atoms. The third-order valence-electron chi connectivity index (χ3n) is 3.27. The number of carboxylic acid groups (broad SMARTS) is 1. The normalized spacial score (nSPS) is 13.6. The Hall–Kier alpha value is -1.56. The topological polar surface area (TPSA) is 78.4 Å². The van der Waals surface area contributed by atoms with Gasteiger partial charge in [0.2, 0.25) is 0 Å². The number of rotatable bonds is 5. The summed E-state index contributed by atoms with van der Waals surface area (Å²) in [5.74, 6) is -1.03. The van der Waals surface area contributed by atoms with Crippen molar-refractivity contribution in [1.82, 2.24) is 10.6 Å². The lowest BCUT2D eigenvalue weighted by Crippen LogP contribution is -2.53. The van der Waals surface area contributed by atoms with Crippen LogP contribution < -0.4 is 10.6 Å². The van der Waals surface area contributed by atoms with Crippen molar-refractivity contribution in [3.63, 3.8) is 0 Å². The Morgan fingerprint density at radius 3 is 2.33 bits per heavy atom. The lowest BCUT2D eigenvalue weighted by molar-refractivity contribution is -0.141. The zero-order valence-corrected chi connectivity index (χ0v) is 14.0. The Kier molecular flexibility index (Phi) is 5.39. The summed E-state index contributed by atoms with van der Waals surface area (Å²) in [6, 6.07) is 2.62. The van der Waals surface area contributed by atoms with Crippen LogP contribution in [0.25, 0.3) is 0 Å². The number of aliphatic carboxylic acids is 1. The number of carbonyl (C=O) groups excluding carboxylic acids is 1. The average Bonchev–Trinajstić information content (AvgIpc) is 2.86. The zero-order valence-electron chi connectivity index (χ0n) is 13.2. The first-order valence-electron chi connectivity index (χ1n) is 6.85. The molecule has 0 radical (unpaired) electrons. The first kappa shape index (κ1) is 17.5. The molecule has 1 aromatic rings. The number of urea groups is 1. The summed E-state index contributed by atoms with van der Waals surface area (Å²) in [7, 11) is 0. The van der Waals surface area contributed by atoms with E-state index in [1.165, 1.54) is 4.88 Å². The Balaban J connectivity index is 2.60. The van der Waals surface area contributed by atoms with Crippen molar-refractivity contribution in [2.75, 3.05) is 6.54 Å². The Morgan fingerprint density at radius 1 is 1.29 bits per heavy atom. The Labute approximate surface area is 129 Å². The highest BCUT2D eigenvalue weighted by Gasteiger charge is 2.33. The Bertz CT molecular complexity index is 490. The zero-order chi connectivity index (χ0) is 16.3. The smallest absolute Gasteiger partial charge is 0.326 e. The third-order valence-corrected chi connectivity index (χ3v) is 4.50. The highest BCUT2D eigenvalue weighted by atomic mass is 32.1. The number of thiophene rings is 1. The molecule has 0 aliphatic heterocycles. The van der Waals surface area contributed by atoms with Crippen LogP contribution in [0.4, 0.5) is 4.79 Å². The molecule has 21 heavy (non-hydrogen) atoms. The van der Waals surface area contributed by atoms with E-state index in [4.69, 9.17) is 0 Å². The highest BCUT2D eigenvalue weighted by molar-refractivity contribution is 7.10. The van der Waals surface area contributed by atoms with Crippen LogP contribution in [-0.4, -0.2) is 29.7 Å². The molecule has 1 atom stereocenters. The van der Waals surface area contributed by atoms with E-state index < -0.39 is 23.5 Å². The maximum atomic E-state index is 11.9. The molecule has 0 aliphatic rings. The second kappa shape index (κ2) is 6.47. The van der Waals surface area contributed by atoms with Crippen LogP contribution in [-0.2, 0) is 10.2 Å². The molecule has 6 heteroatoms. The number of amides is 2. The second-order valence-corrected chi connectivity index (χ2v) is 7.77. The molecule has 0 fully saturated rings. The fourth-order valence-electron chi connectivity index (χ4n) is 1.88. The standard InChI is InChI=1S/C15H24N2O3S/c1-14(2,3)11(12(18)19)17-13(20)16-9-15(4,5)10-7-6-8-21-10/h6-8,11H,9H2,1-5H3,(H,18,19)(H2,16,17,20)/t11-/m1/s1. The van der Waals surface area contributed by atoms with Gasteiger partial charge in [-0.15, -0.1) is 11.3 Å². The van der Waals surface area contributed by atoms with Gasteiger partial charge in [-0.25, -0.2) is 9.59 Å². The van der Waals surface area contributed by atoms with Crippen molar-refractivity contribution in [3.05, 3.63) is 22.4 Å². The molecular formula is C15H24N2O3S. The number of hydrogen-bond donors (Lipinski definition) is 3. The van der Waals surface area contributed by atoms with E-state index in [9.17, 15) is 14.7 Å². The first-order valence-corrected chi connectivity index (χ1v) is 7.73. The predicted octanol–water partition coefficient (Wildman–Crippen LogP) is 2.82. The average molecular weight is 312 g/mol. The van der Waals surface area contributed by atoms with E-state index in [1.54, 1.807) is 32.1 Å². The molecule has 0 aliphatic carbocycles. The lowest BCUT2D eigenvalue weighted by atomic mass is 9.87. The summed E-state index contributed by atoms with van der Waals surface area (Å²) < 4.78 is 0. The van der Waals surface area contributed by atoms with Crippen molar-refractivity contribution in [1.29, 1.82) is 0 Å². The van der Waals surface area contributed by atoms with Crippen LogP contribution in [0.1, 0.15) is 39.5 Å². The van der Waals surface area contributed by atoms with Crippen molar-refractivity contribution < 1.29 is 14.7 Å². The molecule has 1 rings (SSSR count). The monoisotopic (exact) mass is 312 g/mol. The van der Waals surface area contributed by atoms with Gasteiger partial charge in [-0.2, -0.15) is 0 Å². The van der Waals surface area contributed by atoms with Gasteiger partial charge in [0.1, 0.15) is 6.04 Å². The van der Waals surface area contributed by atoms with Gasteiger partial charge in [-0.3, -0.25) is 0 Å². The van der Waals surface area contributed by atoms with Gasteiger partial charge >= 0.3 is 12.0 Å². The van der Waals surface area contributed by atoms with Crippen LogP contribution in [0.15, 0.2) is 17.5 Å². The molecule has 0 aromatic carbocycles. The highest BCUT2D eigenvalue weighted by Crippen LogP contribution is 2.26. The van der Waals surface area contributed by atoms with Crippen molar-refractivity contribution in [2.24, 2.45) is 5.41 Å². The molecule has 0 spiro atoms. The van der Waals surface area contributed by atoms with Crippen LogP contribution in [0.5, 0.6) is 0 Å². The first-order chi connectivity index (χ1) is 9.54. The molecule has 0 saturated carbocycles. The SMILES string of the molecule is CC(C)(CNC(=O)N[C@H](C(=O)O)C(C)(C)C)c1cccs1. The Morgan fingerprint density at radius 2 is 1.90 bits per heavy atom. The molecule has 1 heterocycles. The molecule has 3 N–H and O–H groups in total. The van der Waals surface area contributed by atoms with Gasteiger partial charge in [0.25, 0.3) is 0 Å². The number of carboxylic acids is 1. The van der Waals surface area contributed by atoms with Crippen LogP contribution in [0.3, 0.4) is 0 Å². The molecule has 0 saturated heterocycles.